The molecule has 0 spiro atoms. The monoisotopic (exact) mass is 397 g/mol. The van der Waals surface area contributed by atoms with Gasteiger partial charge in [0, 0.05) is 18.3 Å². The van der Waals surface area contributed by atoms with E-state index < -0.39 is 48.9 Å². The Morgan fingerprint density at radius 1 is 1.14 bits per heavy atom. The maximum atomic E-state index is 12.3. The van der Waals surface area contributed by atoms with E-state index in [9.17, 15) is 19.2 Å². The number of imidazole rings is 1. The van der Waals surface area contributed by atoms with Crippen LogP contribution in [0.4, 0.5) is 0 Å². The molecule has 0 fully saturated rings. The predicted molar refractivity (Wildman–Crippen MR) is 98.8 cm³/mol. The van der Waals surface area contributed by atoms with Crippen molar-refractivity contribution in [2.24, 2.45) is 11.5 Å². The molecule has 156 valence electrons. The average molecular weight is 397 g/mol. The Kier molecular flexibility index (Phi) is 10.2. The summed E-state index contributed by atoms with van der Waals surface area (Å²) in [4.78, 5) is 53.3. The van der Waals surface area contributed by atoms with Crippen LogP contribution >= 0.6 is 0 Å². The van der Waals surface area contributed by atoms with Gasteiger partial charge in [0.25, 0.3) is 0 Å². The summed E-state index contributed by atoms with van der Waals surface area (Å²) < 4.78 is 0. The second-order valence-corrected chi connectivity index (χ2v) is 6.12. The number of carboxylic acid groups (broad SMARTS) is 1. The Labute approximate surface area is 161 Å². The normalized spacial score (nSPS) is 12.6. The van der Waals surface area contributed by atoms with Gasteiger partial charge in [0.05, 0.1) is 18.9 Å². The fourth-order valence-electron chi connectivity index (χ4n) is 2.29. The van der Waals surface area contributed by atoms with E-state index in [-0.39, 0.29) is 6.42 Å². The van der Waals surface area contributed by atoms with Crippen LogP contribution in [0.5, 0.6) is 0 Å². The number of aliphatic carboxylic acids is 1. The molecule has 0 radical (unpaired) electrons. The van der Waals surface area contributed by atoms with Crippen LogP contribution in [-0.4, -0.2) is 70.5 Å². The van der Waals surface area contributed by atoms with Crippen molar-refractivity contribution in [1.82, 2.24) is 25.9 Å². The Hall–Kier alpha value is -2.99. The summed E-state index contributed by atoms with van der Waals surface area (Å²) in [5.74, 6) is -2.93. The van der Waals surface area contributed by atoms with Gasteiger partial charge in [-0.15, -0.1) is 0 Å². The van der Waals surface area contributed by atoms with Gasteiger partial charge in [0.15, 0.2) is 0 Å². The number of H-pyrrole nitrogens is 1. The van der Waals surface area contributed by atoms with Crippen LogP contribution < -0.4 is 27.4 Å². The Balaban J connectivity index is 2.57. The summed E-state index contributed by atoms with van der Waals surface area (Å²) in [5.41, 5.74) is 12.0. The number of rotatable bonds is 13. The summed E-state index contributed by atoms with van der Waals surface area (Å²) >= 11 is 0. The minimum atomic E-state index is -1.20. The molecule has 2 unspecified atom stereocenters. The topological polar surface area (TPSA) is 205 Å². The van der Waals surface area contributed by atoms with Crippen LogP contribution in [-0.2, 0) is 25.6 Å². The molecule has 0 aliphatic carbocycles. The van der Waals surface area contributed by atoms with Gasteiger partial charge in [0.2, 0.25) is 17.7 Å². The average Bonchev–Trinajstić information content (AvgIpc) is 3.16. The zero-order valence-electron chi connectivity index (χ0n) is 15.4. The fraction of sp³-hybridized carbons (Fsp3) is 0.562. The van der Waals surface area contributed by atoms with Crippen LogP contribution in [0.2, 0.25) is 0 Å². The Morgan fingerprint density at radius 2 is 1.89 bits per heavy atom. The summed E-state index contributed by atoms with van der Waals surface area (Å²) in [7, 11) is 0. The maximum absolute atomic E-state index is 12.3. The molecule has 1 aromatic heterocycles. The minimum absolute atomic E-state index is 0.223. The molecule has 9 N–H and O–H groups in total. The lowest BCUT2D eigenvalue weighted by Gasteiger charge is -2.20. The summed E-state index contributed by atoms with van der Waals surface area (Å²) in [5, 5.41) is 15.6. The van der Waals surface area contributed by atoms with Gasteiger partial charge < -0.3 is 37.5 Å². The molecule has 28 heavy (non-hydrogen) atoms. The second kappa shape index (κ2) is 12.4. The lowest BCUT2D eigenvalue weighted by atomic mass is 10.1. The van der Waals surface area contributed by atoms with E-state index in [0.717, 1.165) is 0 Å². The van der Waals surface area contributed by atoms with Crippen molar-refractivity contribution in [3.05, 3.63) is 18.2 Å². The molecule has 12 nitrogen and oxygen atoms in total. The molecule has 0 aliphatic rings. The summed E-state index contributed by atoms with van der Waals surface area (Å²) in [6.07, 6.45) is 4.82. The number of carbonyl (C=O) groups is 4. The first kappa shape index (κ1) is 23.0. The lowest BCUT2D eigenvalue weighted by Crippen LogP contribution is -2.53. The number of amides is 3. The SMILES string of the molecule is NCCCCC(NC(=O)C(N)Cc1cnc[nH]1)C(=O)NCC(=O)NCC(=O)O. The molecule has 0 aliphatic heterocycles. The molecule has 12 heteroatoms. The third-order valence-corrected chi connectivity index (χ3v) is 3.77. The van der Waals surface area contributed by atoms with Crippen molar-refractivity contribution in [2.75, 3.05) is 19.6 Å². The number of hydrogen-bond donors (Lipinski definition) is 7. The highest BCUT2D eigenvalue weighted by Crippen LogP contribution is 2.03. The number of nitrogens with two attached hydrogens (primary N) is 2. The zero-order valence-corrected chi connectivity index (χ0v) is 15.4. The van der Waals surface area contributed by atoms with Crippen LogP contribution in [0.15, 0.2) is 12.5 Å². The Bertz CT molecular complexity index is 650. The van der Waals surface area contributed by atoms with Crippen LogP contribution in [0, 0.1) is 0 Å². The van der Waals surface area contributed by atoms with Crippen molar-refractivity contribution in [2.45, 2.75) is 37.8 Å². The number of aromatic amines is 1. The summed E-state index contributed by atoms with van der Waals surface area (Å²) in [6, 6.07) is -1.77. The van der Waals surface area contributed by atoms with Crippen molar-refractivity contribution in [3.8, 4) is 0 Å². The third kappa shape index (κ3) is 9.09. The number of nitrogens with zero attached hydrogens (tertiary/aromatic N) is 1. The maximum Gasteiger partial charge on any atom is 0.322 e. The quantitative estimate of drug-likeness (QED) is 0.173. The first-order chi connectivity index (χ1) is 13.3. The lowest BCUT2D eigenvalue weighted by molar-refractivity contribution is -0.138. The van der Waals surface area contributed by atoms with Crippen LogP contribution in [0.25, 0.3) is 0 Å². The van der Waals surface area contributed by atoms with Gasteiger partial charge in [-0.25, -0.2) is 4.98 Å². The molecular formula is C16H27N7O5. The number of nitrogens with one attached hydrogen (secondary N) is 4. The molecule has 1 heterocycles. The second-order valence-electron chi connectivity index (χ2n) is 6.12. The minimum Gasteiger partial charge on any atom is -0.480 e. The van der Waals surface area contributed by atoms with Crippen LogP contribution in [0.3, 0.4) is 0 Å². The number of hydrogen-bond acceptors (Lipinski definition) is 7. The van der Waals surface area contributed by atoms with Crippen molar-refractivity contribution in [1.29, 1.82) is 0 Å². The molecule has 1 aromatic rings. The molecule has 0 saturated carbocycles. The van der Waals surface area contributed by atoms with Gasteiger partial charge in [-0.3, -0.25) is 19.2 Å². The molecule has 0 saturated heterocycles. The van der Waals surface area contributed by atoms with E-state index in [0.29, 0.717) is 31.5 Å². The molecule has 2 atom stereocenters. The summed E-state index contributed by atoms with van der Waals surface area (Å²) in [6.45, 7) is -0.511. The van der Waals surface area contributed by atoms with Crippen molar-refractivity contribution in [3.63, 3.8) is 0 Å². The van der Waals surface area contributed by atoms with Gasteiger partial charge >= 0.3 is 5.97 Å². The largest absolute Gasteiger partial charge is 0.480 e. The Morgan fingerprint density at radius 3 is 2.50 bits per heavy atom. The van der Waals surface area contributed by atoms with E-state index in [1.54, 1.807) is 6.20 Å². The fourth-order valence-corrected chi connectivity index (χ4v) is 2.29. The molecule has 1 rings (SSSR count). The molecular weight excluding hydrogens is 370 g/mol. The van der Waals surface area contributed by atoms with Crippen molar-refractivity contribution >= 4 is 23.7 Å². The zero-order chi connectivity index (χ0) is 20.9. The van der Waals surface area contributed by atoms with Gasteiger partial charge in [-0.05, 0) is 25.8 Å². The smallest absolute Gasteiger partial charge is 0.322 e. The highest BCUT2D eigenvalue weighted by molar-refractivity contribution is 5.92. The standard InChI is InChI=1S/C16H27N7O5/c17-4-2-1-3-12(16(28)21-7-13(24)20-8-14(25)26)23-15(27)11(18)5-10-6-19-9-22-10/h6,9,11-12H,1-5,7-8,17-18H2,(H,19,22)(H,20,24)(H,21,28)(H,23,27)(H,25,26). The van der Waals surface area contributed by atoms with Gasteiger partial charge in [0.1, 0.15) is 12.6 Å². The van der Waals surface area contributed by atoms with Crippen molar-refractivity contribution < 1.29 is 24.3 Å². The number of aromatic nitrogens is 2. The van der Waals surface area contributed by atoms with E-state index in [4.69, 9.17) is 16.6 Å². The van der Waals surface area contributed by atoms with Gasteiger partial charge in [-0.1, -0.05) is 0 Å². The number of carbonyl (C=O) groups excluding carboxylic acids is 3. The first-order valence-electron chi connectivity index (χ1n) is 8.83. The third-order valence-electron chi connectivity index (χ3n) is 3.77. The number of carboxylic acids is 1. The first-order valence-corrected chi connectivity index (χ1v) is 8.83. The van der Waals surface area contributed by atoms with Gasteiger partial charge in [-0.2, -0.15) is 0 Å². The molecule has 3 amide bonds. The van der Waals surface area contributed by atoms with E-state index in [1.807, 2.05) is 0 Å². The number of unbranched alkanes of at least 4 members (excludes halogenated alkanes) is 1. The van der Waals surface area contributed by atoms with Crippen LogP contribution in [0.1, 0.15) is 25.0 Å². The molecule has 0 bridgehead atoms. The van der Waals surface area contributed by atoms with E-state index in [2.05, 4.69) is 25.9 Å². The predicted octanol–water partition coefficient (Wildman–Crippen LogP) is -2.79. The van der Waals surface area contributed by atoms with E-state index >= 15 is 0 Å². The van der Waals surface area contributed by atoms with E-state index in [1.165, 1.54) is 6.33 Å². The highest BCUT2D eigenvalue weighted by Gasteiger charge is 2.24. The molecule has 0 aromatic carbocycles. The highest BCUT2D eigenvalue weighted by atomic mass is 16.4.